The number of halogens is 2. The van der Waals surface area contributed by atoms with E-state index in [-0.39, 0.29) is 22.7 Å². The van der Waals surface area contributed by atoms with Crippen LogP contribution in [-0.2, 0) is 0 Å². The van der Waals surface area contributed by atoms with Crippen LogP contribution >= 0.6 is 23.2 Å². The third-order valence-corrected chi connectivity index (χ3v) is 4.58. The van der Waals surface area contributed by atoms with Gasteiger partial charge in [0, 0.05) is 18.1 Å². The first-order chi connectivity index (χ1) is 11.5. The van der Waals surface area contributed by atoms with Gasteiger partial charge in [0.25, 0.3) is 5.91 Å². The van der Waals surface area contributed by atoms with Crippen molar-refractivity contribution in [1.82, 2.24) is 15.3 Å². The monoisotopic (exact) mass is 364 g/mol. The molecule has 1 saturated heterocycles. The first-order valence-corrected chi connectivity index (χ1v) is 8.64. The van der Waals surface area contributed by atoms with Crippen molar-refractivity contribution in [2.45, 2.75) is 25.8 Å². The predicted octanol–water partition coefficient (Wildman–Crippen LogP) is 3.87. The summed E-state index contributed by atoms with van der Waals surface area (Å²) in [7, 11) is 0. The van der Waals surface area contributed by atoms with Gasteiger partial charge in [-0.2, -0.15) is 0 Å². The second kappa shape index (κ2) is 7.36. The molecule has 0 aliphatic carbocycles. The summed E-state index contributed by atoms with van der Waals surface area (Å²) in [6, 6.07) is 7.16. The fourth-order valence-corrected chi connectivity index (χ4v) is 2.99. The van der Waals surface area contributed by atoms with Crippen molar-refractivity contribution in [2.24, 2.45) is 0 Å². The minimum Gasteiger partial charge on any atom is -0.344 e. The second-order valence-corrected chi connectivity index (χ2v) is 6.65. The highest BCUT2D eigenvalue weighted by atomic mass is 35.5. The molecule has 1 aromatic carbocycles. The number of nitrogens with one attached hydrogen (secondary N) is 1. The molecule has 0 bridgehead atoms. The van der Waals surface area contributed by atoms with Crippen molar-refractivity contribution in [2.75, 3.05) is 18.0 Å². The Hall–Kier alpha value is -1.85. The van der Waals surface area contributed by atoms with Gasteiger partial charge in [-0.3, -0.25) is 4.79 Å². The van der Waals surface area contributed by atoms with E-state index in [2.05, 4.69) is 20.2 Å². The average molecular weight is 365 g/mol. The summed E-state index contributed by atoms with van der Waals surface area (Å²) in [5.74, 6) is 0.242. The molecule has 0 spiro atoms. The van der Waals surface area contributed by atoms with Crippen molar-refractivity contribution in [3.05, 3.63) is 51.8 Å². The number of carbonyl (C=O) groups excluding carboxylic acids is 1. The number of benzene rings is 1. The van der Waals surface area contributed by atoms with E-state index in [0.717, 1.165) is 31.5 Å². The first kappa shape index (κ1) is 17.0. The maximum atomic E-state index is 12.6. The quantitative estimate of drug-likeness (QED) is 0.894. The minimum atomic E-state index is -0.315. The summed E-state index contributed by atoms with van der Waals surface area (Å²) in [6.45, 7) is 3.71. The van der Waals surface area contributed by atoms with Gasteiger partial charge in [0.2, 0.25) is 5.95 Å². The van der Waals surface area contributed by atoms with Gasteiger partial charge < -0.3 is 10.2 Å². The molecule has 7 heteroatoms. The fraction of sp³-hybridized carbons (Fsp3) is 0.353. The van der Waals surface area contributed by atoms with E-state index in [9.17, 15) is 4.79 Å². The molecule has 1 amide bonds. The van der Waals surface area contributed by atoms with Crippen LogP contribution in [0.15, 0.2) is 30.5 Å². The lowest BCUT2D eigenvalue weighted by molar-refractivity contribution is 0.0935. The molecule has 5 nitrogen and oxygen atoms in total. The number of anilines is 1. The second-order valence-electron chi connectivity index (χ2n) is 5.81. The van der Waals surface area contributed by atoms with Crippen molar-refractivity contribution < 1.29 is 4.79 Å². The molecular formula is C17H18Cl2N4O. The van der Waals surface area contributed by atoms with Gasteiger partial charge in [0.15, 0.2) is 5.69 Å². The molecule has 1 unspecified atom stereocenters. The first-order valence-electron chi connectivity index (χ1n) is 7.88. The molecule has 1 aromatic heterocycles. The lowest BCUT2D eigenvalue weighted by Crippen LogP contribution is -2.29. The van der Waals surface area contributed by atoms with Gasteiger partial charge in [-0.15, -0.1) is 0 Å². The number of nitrogens with zero attached hydrogens (tertiary/aromatic N) is 3. The lowest BCUT2D eigenvalue weighted by atomic mass is 10.1. The molecule has 0 saturated carbocycles. The van der Waals surface area contributed by atoms with Crippen molar-refractivity contribution in [3.8, 4) is 0 Å². The van der Waals surface area contributed by atoms with E-state index < -0.39 is 0 Å². The van der Waals surface area contributed by atoms with Crippen molar-refractivity contribution >= 4 is 35.1 Å². The molecule has 0 radical (unpaired) electrons. The molecule has 1 aliphatic rings. The van der Waals surface area contributed by atoms with Crippen molar-refractivity contribution in [3.63, 3.8) is 0 Å². The number of rotatable bonds is 4. The standard InChI is InChI=1S/C17H18Cl2N4O/c1-11(12-4-6-13(18)7-5-12)21-16(24)15-14(19)10-20-17(22-15)23-8-2-3-9-23/h4-7,10-11H,2-3,8-9H2,1H3,(H,21,24). The van der Waals surface area contributed by atoms with Crippen LogP contribution in [0.2, 0.25) is 10.0 Å². The number of amides is 1. The SMILES string of the molecule is CC(NC(=O)c1nc(N2CCCC2)ncc1Cl)c1ccc(Cl)cc1. The highest BCUT2D eigenvalue weighted by Crippen LogP contribution is 2.21. The Morgan fingerprint density at radius 2 is 1.88 bits per heavy atom. The van der Waals surface area contributed by atoms with Crippen LogP contribution in [-0.4, -0.2) is 29.0 Å². The normalized spacial score (nSPS) is 15.4. The Morgan fingerprint density at radius 1 is 1.21 bits per heavy atom. The molecule has 1 atom stereocenters. The smallest absolute Gasteiger partial charge is 0.272 e. The number of hydrogen-bond donors (Lipinski definition) is 1. The van der Waals surface area contributed by atoms with Gasteiger partial charge in [0.1, 0.15) is 0 Å². The Balaban J connectivity index is 1.76. The van der Waals surface area contributed by atoms with Gasteiger partial charge in [-0.1, -0.05) is 35.3 Å². The maximum Gasteiger partial charge on any atom is 0.272 e. The van der Waals surface area contributed by atoms with Crippen LogP contribution in [0.3, 0.4) is 0 Å². The molecule has 2 aromatic rings. The van der Waals surface area contributed by atoms with E-state index in [4.69, 9.17) is 23.2 Å². The van der Waals surface area contributed by atoms with Gasteiger partial charge >= 0.3 is 0 Å². The zero-order valence-corrected chi connectivity index (χ0v) is 14.8. The van der Waals surface area contributed by atoms with Crippen LogP contribution in [0.1, 0.15) is 41.9 Å². The number of aromatic nitrogens is 2. The molecule has 1 fully saturated rings. The lowest BCUT2D eigenvalue weighted by Gasteiger charge is -2.17. The summed E-state index contributed by atoms with van der Waals surface area (Å²) < 4.78 is 0. The van der Waals surface area contributed by atoms with E-state index in [1.807, 2.05) is 19.1 Å². The average Bonchev–Trinajstić information content (AvgIpc) is 3.10. The molecule has 24 heavy (non-hydrogen) atoms. The molecule has 1 N–H and O–H groups in total. The van der Waals surface area contributed by atoms with Crippen LogP contribution in [0, 0.1) is 0 Å². The molecule has 2 heterocycles. The van der Waals surface area contributed by atoms with E-state index in [1.165, 1.54) is 6.20 Å². The summed E-state index contributed by atoms with van der Waals surface area (Å²) in [6.07, 6.45) is 3.71. The van der Waals surface area contributed by atoms with Crippen LogP contribution in [0.5, 0.6) is 0 Å². The number of carbonyl (C=O) groups is 1. The molecule has 126 valence electrons. The third kappa shape index (κ3) is 3.79. The Kier molecular flexibility index (Phi) is 5.21. The molecular weight excluding hydrogens is 347 g/mol. The van der Waals surface area contributed by atoms with E-state index in [1.54, 1.807) is 12.1 Å². The predicted molar refractivity (Wildman–Crippen MR) is 95.8 cm³/mol. The summed E-state index contributed by atoms with van der Waals surface area (Å²) >= 11 is 12.0. The molecule has 1 aliphatic heterocycles. The van der Waals surface area contributed by atoms with Crippen molar-refractivity contribution in [1.29, 1.82) is 0 Å². The third-order valence-electron chi connectivity index (χ3n) is 4.05. The molecule has 3 rings (SSSR count). The van der Waals surface area contributed by atoms with E-state index >= 15 is 0 Å². The topological polar surface area (TPSA) is 58.1 Å². The summed E-state index contributed by atoms with van der Waals surface area (Å²) in [5.41, 5.74) is 1.16. The maximum absolute atomic E-state index is 12.6. The van der Waals surface area contributed by atoms with Gasteiger partial charge in [-0.25, -0.2) is 9.97 Å². The highest BCUT2D eigenvalue weighted by Gasteiger charge is 2.20. The van der Waals surface area contributed by atoms with Gasteiger partial charge in [0.05, 0.1) is 17.3 Å². The van der Waals surface area contributed by atoms with Crippen LogP contribution < -0.4 is 10.2 Å². The fourth-order valence-electron chi connectivity index (χ4n) is 2.69. The van der Waals surface area contributed by atoms with Gasteiger partial charge in [-0.05, 0) is 37.5 Å². The van der Waals surface area contributed by atoms with E-state index in [0.29, 0.717) is 11.0 Å². The zero-order chi connectivity index (χ0) is 17.1. The largest absolute Gasteiger partial charge is 0.344 e. The Bertz CT molecular complexity index is 730. The highest BCUT2D eigenvalue weighted by molar-refractivity contribution is 6.33. The summed E-state index contributed by atoms with van der Waals surface area (Å²) in [5, 5.41) is 3.82. The minimum absolute atomic E-state index is 0.184. The Labute approximate surface area is 151 Å². The van der Waals surface area contributed by atoms with Crippen LogP contribution in [0.25, 0.3) is 0 Å². The summed E-state index contributed by atoms with van der Waals surface area (Å²) in [4.78, 5) is 23.2. The Morgan fingerprint density at radius 3 is 2.54 bits per heavy atom. The zero-order valence-electron chi connectivity index (χ0n) is 13.3. The number of hydrogen-bond acceptors (Lipinski definition) is 4. The van der Waals surface area contributed by atoms with Crippen LogP contribution in [0.4, 0.5) is 5.95 Å².